The summed E-state index contributed by atoms with van der Waals surface area (Å²) >= 11 is 6.02. The summed E-state index contributed by atoms with van der Waals surface area (Å²) < 4.78 is 5.98. The zero-order chi connectivity index (χ0) is 17.1. The molecule has 0 bridgehead atoms. The highest BCUT2D eigenvalue weighted by atomic mass is 35.5. The first kappa shape index (κ1) is 16.2. The van der Waals surface area contributed by atoms with Crippen molar-refractivity contribution in [2.75, 3.05) is 6.54 Å². The number of ether oxygens (including phenoxy) is 1. The molecule has 3 aromatic carbocycles. The molecule has 0 aliphatic carbocycles. The van der Waals surface area contributed by atoms with Crippen LogP contribution < -0.4 is 10.1 Å². The quantitative estimate of drug-likeness (QED) is 0.703. The molecule has 1 atom stereocenters. The Morgan fingerprint density at radius 2 is 1.76 bits per heavy atom. The molecule has 1 heterocycles. The van der Waals surface area contributed by atoms with Crippen LogP contribution in [0.1, 0.15) is 28.3 Å². The van der Waals surface area contributed by atoms with Gasteiger partial charge in [0.15, 0.2) is 0 Å². The molecular formula is C22H20ClNO. The van der Waals surface area contributed by atoms with Crippen molar-refractivity contribution in [2.24, 2.45) is 0 Å². The van der Waals surface area contributed by atoms with Crippen molar-refractivity contribution in [1.29, 1.82) is 0 Å². The van der Waals surface area contributed by atoms with E-state index in [2.05, 4.69) is 47.8 Å². The highest BCUT2D eigenvalue weighted by Gasteiger charge is 2.21. The Balaban J connectivity index is 1.54. The number of hydrogen-bond donors (Lipinski definition) is 1. The van der Waals surface area contributed by atoms with Crippen molar-refractivity contribution < 1.29 is 4.74 Å². The van der Waals surface area contributed by atoms with Crippen LogP contribution in [0.3, 0.4) is 0 Å². The SMILES string of the molecule is Clc1ccc(C2NCCc3cc(OCc4ccccc4)ccc32)cc1. The summed E-state index contributed by atoms with van der Waals surface area (Å²) in [6.07, 6.45) is 1.02. The Labute approximate surface area is 153 Å². The second-order valence-corrected chi connectivity index (χ2v) is 6.76. The number of benzene rings is 3. The zero-order valence-corrected chi connectivity index (χ0v) is 14.7. The maximum atomic E-state index is 6.02. The van der Waals surface area contributed by atoms with Gasteiger partial charge in [0.2, 0.25) is 0 Å². The highest BCUT2D eigenvalue weighted by molar-refractivity contribution is 6.30. The fourth-order valence-electron chi connectivity index (χ4n) is 3.32. The van der Waals surface area contributed by atoms with Gasteiger partial charge in [-0.15, -0.1) is 0 Å². The molecular weight excluding hydrogens is 330 g/mol. The lowest BCUT2D eigenvalue weighted by molar-refractivity contribution is 0.305. The van der Waals surface area contributed by atoms with E-state index in [0.717, 1.165) is 23.7 Å². The molecule has 0 aromatic heterocycles. The summed E-state index contributed by atoms with van der Waals surface area (Å²) in [6.45, 7) is 1.56. The van der Waals surface area contributed by atoms with Crippen molar-refractivity contribution in [2.45, 2.75) is 19.1 Å². The molecule has 0 saturated carbocycles. The van der Waals surface area contributed by atoms with Crippen LogP contribution in [0.15, 0.2) is 72.8 Å². The largest absolute Gasteiger partial charge is 0.489 e. The zero-order valence-electron chi connectivity index (χ0n) is 13.9. The summed E-state index contributed by atoms with van der Waals surface area (Å²) in [6, 6.07) is 25.0. The van der Waals surface area contributed by atoms with Gasteiger partial charge < -0.3 is 10.1 Å². The van der Waals surface area contributed by atoms with Crippen LogP contribution in [0.4, 0.5) is 0 Å². The molecule has 0 saturated heterocycles. The predicted molar refractivity (Wildman–Crippen MR) is 102 cm³/mol. The van der Waals surface area contributed by atoms with E-state index in [1.165, 1.54) is 22.3 Å². The molecule has 2 nitrogen and oxygen atoms in total. The topological polar surface area (TPSA) is 21.3 Å². The van der Waals surface area contributed by atoms with Gasteiger partial charge in [-0.3, -0.25) is 0 Å². The van der Waals surface area contributed by atoms with Crippen molar-refractivity contribution >= 4 is 11.6 Å². The molecule has 4 rings (SSSR count). The fraction of sp³-hybridized carbons (Fsp3) is 0.182. The van der Waals surface area contributed by atoms with Gasteiger partial charge in [-0.1, -0.05) is 60.1 Å². The highest BCUT2D eigenvalue weighted by Crippen LogP contribution is 2.31. The van der Waals surface area contributed by atoms with E-state index in [9.17, 15) is 0 Å². The van der Waals surface area contributed by atoms with Gasteiger partial charge in [0, 0.05) is 11.6 Å². The van der Waals surface area contributed by atoms with Crippen LogP contribution in [0, 0.1) is 0 Å². The van der Waals surface area contributed by atoms with Gasteiger partial charge in [-0.25, -0.2) is 0 Å². The van der Waals surface area contributed by atoms with E-state index < -0.39 is 0 Å². The fourth-order valence-corrected chi connectivity index (χ4v) is 3.45. The minimum atomic E-state index is 0.212. The second-order valence-electron chi connectivity index (χ2n) is 6.32. The number of hydrogen-bond acceptors (Lipinski definition) is 2. The van der Waals surface area contributed by atoms with E-state index in [4.69, 9.17) is 16.3 Å². The Hall–Kier alpha value is -2.29. The number of fused-ring (bicyclic) bond motifs is 1. The Morgan fingerprint density at radius 1 is 0.960 bits per heavy atom. The van der Waals surface area contributed by atoms with Gasteiger partial charge in [-0.2, -0.15) is 0 Å². The summed E-state index contributed by atoms with van der Waals surface area (Å²) in [5.74, 6) is 0.930. The van der Waals surface area contributed by atoms with Crippen LogP contribution >= 0.6 is 11.6 Å². The van der Waals surface area contributed by atoms with Crippen LogP contribution in [0.25, 0.3) is 0 Å². The molecule has 0 fully saturated rings. The maximum absolute atomic E-state index is 6.02. The molecule has 1 unspecified atom stereocenters. The number of halogens is 1. The molecule has 0 spiro atoms. The maximum Gasteiger partial charge on any atom is 0.120 e. The molecule has 1 N–H and O–H groups in total. The van der Waals surface area contributed by atoms with E-state index >= 15 is 0 Å². The van der Waals surface area contributed by atoms with Crippen LogP contribution in [-0.2, 0) is 13.0 Å². The Morgan fingerprint density at radius 3 is 2.56 bits per heavy atom. The summed E-state index contributed by atoms with van der Waals surface area (Å²) in [7, 11) is 0. The van der Waals surface area contributed by atoms with Crippen LogP contribution in [0.2, 0.25) is 5.02 Å². The Kier molecular flexibility index (Phi) is 4.73. The van der Waals surface area contributed by atoms with E-state index in [1.807, 2.05) is 30.3 Å². The lowest BCUT2D eigenvalue weighted by atomic mass is 9.90. The van der Waals surface area contributed by atoms with Gasteiger partial charge in [-0.05, 0) is 52.9 Å². The lowest BCUT2D eigenvalue weighted by Gasteiger charge is -2.28. The van der Waals surface area contributed by atoms with Gasteiger partial charge in [0.25, 0.3) is 0 Å². The van der Waals surface area contributed by atoms with Crippen molar-refractivity contribution in [1.82, 2.24) is 5.32 Å². The van der Waals surface area contributed by atoms with E-state index in [-0.39, 0.29) is 6.04 Å². The van der Waals surface area contributed by atoms with Crippen LogP contribution in [-0.4, -0.2) is 6.54 Å². The molecule has 1 aliphatic rings. The average molecular weight is 350 g/mol. The van der Waals surface area contributed by atoms with Crippen molar-refractivity contribution in [3.8, 4) is 5.75 Å². The molecule has 126 valence electrons. The molecule has 0 radical (unpaired) electrons. The lowest BCUT2D eigenvalue weighted by Crippen LogP contribution is -2.30. The average Bonchev–Trinajstić information content (AvgIpc) is 2.67. The number of rotatable bonds is 4. The standard InChI is InChI=1S/C22H20ClNO/c23-19-8-6-17(7-9-19)22-21-11-10-20(14-18(21)12-13-24-22)25-15-16-4-2-1-3-5-16/h1-11,14,22,24H,12-13,15H2. The third kappa shape index (κ3) is 3.71. The first-order valence-electron chi connectivity index (χ1n) is 8.58. The Bertz CT molecular complexity index is 846. The summed E-state index contributed by atoms with van der Waals surface area (Å²) in [5.41, 5.74) is 5.09. The molecule has 25 heavy (non-hydrogen) atoms. The summed E-state index contributed by atoms with van der Waals surface area (Å²) in [5, 5.41) is 4.37. The molecule has 3 aromatic rings. The number of nitrogens with one attached hydrogen (secondary N) is 1. The predicted octanol–water partition coefficient (Wildman–Crippen LogP) is 5.15. The smallest absolute Gasteiger partial charge is 0.120 e. The molecule has 1 aliphatic heterocycles. The first-order valence-corrected chi connectivity index (χ1v) is 8.96. The van der Waals surface area contributed by atoms with Gasteiger partial charge in [0.1, 0.15) is 12.4 Å². The summed E-state index contributed by atoms with van der Waals surface area (Å²) in [4.78, 5) is 0. The minimum Gasteiger partial charge on any atom is -0.489 e. The van der Waals surface area contributed by atoms with E-state index in [1.54, 1.807) is 0 Å². The van der Waals surface area contributed by atoms with Gasteiger partial charge >= 0.3 is 0 Å². The van der Waals surface area contributed by atoms with Crippen molar-refractivity contribution in [3.05, 3.63) is 100 Å². The molecule has 0 amide bonds. The van der Waals surface area contributed by atoms with Gasteiger partial charge in [0.05, 0.1) is 6.04 Å². The normalized spacial score (nSPS) is 16.3. The monoisotopic (exact) mass is 349 g/mol. The third-order valence-electron chi connectivity index (χ3n) is 4.62. The second kappa shape index (κ2) is 7.30. The molecule has 3 heteroatoms. The minimum absolute atomic E-state index is 0.212. The van der Waals surface area contributed by atoms with Crippen molar-refractivity contribution in [3.63, 3.8) is 0 Å². The first-order chi connectivity index (χ1) is 12.3. The third-order valence-corrected chi connectivity index (χ3v) is 4.87. The van der Waals surface area contributed by atoms with Crippen LogP contribution in [0.5, 0.6) is 5.75 Å². The van der Waals surface area contributed by atoms with E-state index in [0.29, 0.717) is 6.61 Å².